The fraction of sp³-hybridized carbons (Fsp3) is 0.600. The molecule has 30 heavy (non-hydrogen) atoms. The molecule has 164 valence electrons. The highest BCUT2D eigenvalue weighted by Crippen LogP contribution is 2.42. The van der Waals surface area contributed by atoms with E-state index in [0.717, 1.165) is 11.9 Å². The molecule has 3 unspecified atom stereocenters. The molecular formula is C15H20N6O7S2. The fourth-order valence-electron chi connectivity index (χ4n) is 3.08. The summed E-state index contributed by atoms with van der Waals surface area (Å²) in [6.07, 6.45) is 1.33. The largest absolute Gasteiger partial charge is 0.481 e. The number of carbonyl (C=O) groups is 4. The maximum Gasteiger partial charge on any atom is 0.315 e. The predicted molar refractivity (Wildman–Crippen MR) is 107 cm³/mol. The number of esters is 1. The quantitative estimate of drug-likeness (QED) is 0.105. The Kier molecular flexibility index (Phi) is 6.42. The molecule has 0 aromatic carbocycles. The normalized spacial score (nSPS) is 30.4. The molecule has 0 aliphatic carbocycles. The van der Waals surface area contributed by atoms with E-state index in [9.17, 15) is 24.3 Å². The van der Waals surface area contributed by atoms with Crippen LogP contribution in [0.1, 0.15) is 6.92 Å². The van der Waals surface area contributed by atoms with Gasteiger partial charge in [0.1, 0.15) is 36.9 Å². The molecule has 4 N–H and O–H groups in total. The molecule has 3 rings (SSSR count). The van der Waals surface area contributed by atoms with Crippen molar-refractivity contribution in [2.24, 2.45) is 20.7 Å². The summed E-state index contributed by atoms with van der Waals surface area (Å²) in [4.78, 5) is 55.5. The van der Waals surface area contributed by atoms with Gasteiger partial charge in [0.05, 0.1) is 0 Å². The Bertz CT molecular complexity index is 823. The number of carboxylic acid groups (broad SMARTS) is 1. The summed E-state index contributed by atoms with van der Waals surface area (Å²) in [6, 6.07) is -0.867. The smallest absolute Gasteiger partial charge is 0.315 e. The van der Waals surface area contributed by atoms with Crippen molar-refractivity contribution < 1.29 is 33.9 Å². The summed E-state index contributed by atoms with van der Waals surface area (Å²) in [6.45, 7) is 0.716. The topological polar surface area (TPSA) is 176 Å². The van der Waals surface area contributed by atoms with Crippen LogP contribution in [0.2, 0.25) is 0 Å². The third-order valence-electron chi connectivity index (χ3n) is 4.68. The Morgan fingerprint density at radius 2 is 2.23 bits per heavy atom. The van der Waals surface area contributed by atoms with Crippen molar-refractivity contribution in [3.05, 3.63) is 0 Å². The van der Waals surface area contributed by atoms with Crippen LogP contribution >= 0.6 is 23.7 Å². The molecule has 2 fully saturated rings. The van der Waals surface area contributed by atoms with Crippen molar-refractivity contribution in [1.82, 2.24) is 15.1 Å². The molecule has 2 amide bonds. The highest BCUT2D eigenvalue weighted by atomic mass is 32.2. The number of carbonyl (C=O) groups excluding carboxylic acids is 3. The minimum absolute atomic E-state index is 0.107. The molecule has 0 bridgehead atoms. The lowest BCUT2D eigenvalue weighted by atomic mass is 9.88. The van der Waals surface area contributed by atoms with Crippen LogP contribution in [0.3, 0.4) is 0 Å². The number of oxime groups is 1. The first-order chi connectivity index (χ1) is 14.2. The van der Waals surface area contributed by atoms with Crippen molar-refractivity contribution >= 4 is 59.6 Å². The number of hydrogen-bond acceptors (Lipinski definition) is 11. The number of nitrogens with zero attached hydrogens (tertiary/aromatic N) is 4. The zero-order valence-corrected chi connectivity index (χ0v) is 17.6. The monoisotopic (exact) mass is 460 g/mol. The Morgan fingerprint density at radius 1 is 1.50 bits per heavy atom. The van der Waals surface area contributed by atoms with Crippen LogP contribution in [0.4, 0.5) is 0 Å². The predicted octanol–water partition coefficient (Wildman–Crippen LogP) is -1.79. The number of carboxylic acids is 1. The summed E-state index contributed by atoms with van der Waals surface area (Å²) < 4.78 is 8.80. The van der Waals surface area contributed by atoms with E-state index in [1.54, 1.807) is 0 Å². The Balaban J connectivity index is 1.67. The minimum atomic E-state index is -1.41. The summed E-state index contributed by atoms with van der Waals surface area (Å²) in [5.41, 5.74) is 3.77. The van der Waals surface area contributed by atoms with E-state index in [1.165, 1.54) is 41.9 Å². The number of amides is 2. The van der Waals surface area contributed by atoms with Crippen molar-refractivity contribution in [2.75, 3.05) is 26.0 Å². The summed E-state index contributed by atoms with van der Waals surface area (Å²) in [5, 5.41) is 15.4. The van der Waals surface area contributed by atoms with Crippen LogP contribution in [0.15, 0.2) is 9.55 Å². The van der Waals surface area contributed by atoms with Crippen LogP contribution in [0.5, 0.6) is 0 Å². The summed E-state index contributed by atoms with van der Waals surface area (Å²) in [7, 11) is 1.26. The second-order valence-electron chi connectivity index (χ2n) is 6.71. The highest BCUT2D eigenvalue weighted by molar-refractivity contribution is 8.00. The Morgan fingerprint density at radius 3 is 2.80 bits per heavy atom. The molecule has 0 aromatic rings. The third-order valence-corrected chi connectivity index (χ3v) is 6.92. The average Bonchev–Trinajstić information content (AvgIpc) is 3.13. The second kappa shape index (κ2) is 8.69. The third kappa shape index (κ3) is 4.04. The van der Waals surface area contributed by atoms with Gasteiger partial charge in [-0.15, -0.1) is 11.8 Å². The van der Waals surface area contributed by atoms with Gasteiger partial charge in [0.25, 0.3) is 5.91 Å². The molecule has 0 spiro atoms. The van der Waals surface area contributed by atoms with Gasteiger partial charge in [-0.3, -0.25) is 24.1 Å². The van der Waals surface area contributed by atoms with Crippen molar-refractivity contribution in [1.29, 1.82) is 0 Å². The first kappa shape index (κ1) is 22.2. The summed E-state index contributed by atoms with van der Waals surface area (Å²) in [5.74, 6) is -2.95. The fourth-order valence-corrected chi connectivity index (χ4v) is 5.14. The van der Waals surface area contributed by atoms with E-state index in [-0.39, 0.29) is 24.7 Å². The number of fused-ring (bicyclic) bond motifs is 1. The number of nitrogens with one attached hydrogen (secondary N) is 1. The number of amidine groups is 1. The van der Waals surface area contributed by atoms with Crippen molar-refractivity contribution in [3.63, 3.8) is 0 Å². The number of aliphatic carboxylic acids is 1. The Hall–Kier alpha value is -2.52. The number of nitrogens with two attached hydrogens (primary N) is 1. The molecule has 13 nitrogen and oxygen atoms in total. The number of ether oxygens (including phenoxy) is 1. The van der Waals surface area contributed by atoms with Crippen molar-refractivity contribution in [2.45, 2.75) is 23.8 Å². The number of β-lactam (4-membered cyclic amide) rings is 1. The molecule has 3 aliphatic rings. The van der Waals surface area contributed by atoms with E-state index < -0.39 is 46.1 Å². The molecule has 15 heteroatoms. The maximum atomic E-state index is 12.7. The van der Waals surface area contributed by atoms with Gasteiger partial charge < -0.3 is 30.6 Å². The molecule has 3 aliphatic heterocycles. The van der Waals surface area contributed by atoms with Crippen molar-refractivity contribution in [3.8, 4) is 0 Å². The lowest BCUT2D eigenvalue weighted by Gasteiger charge is -2.53. The minimum Gasteiger partial charge on any atom is -0.481 e. The van der Waals surface area contributed by atoms with E-state index in [0.29, 0.717) is 0 Å². The van der Waals surface area contributed by atoms with Crippen LogP contribution in [-0.2, 0) is 28.8 Å². The molecule has 4 atom stereocenters. The molecule has 0 aromatic heterocycles. The van der Waals surface area contributed by atoms with Crippen LogP contribution < -0.4 is 11.1 Å². The van der Waals surface area contributed by atoms with Gasteiger partial charge in [-0.05, 0) is 0 Å². The second-order valence-corrected chi connectivity index (χ2v) is 8.72. The van der Waals surface area contributed by atoms with Crippen LogP contribution in [0.25, 0.3) is 0 Å². The van der Waals surface area contributed by atoms with E-state index in [4.69, 9.17) is 15.3 Å². The first-order valence-corrected chi connectivity index (χ1v) is 10.5. The van der Waals surface area contributed by atoms with Gasteiger partial charge in [-0.25, -0.2) is 4.40 Å². The molecule has 0 radical (unpaired) electrons. The standard InChI is InChI=1S/C15H20N6O7S2/c1-7(22)28-4-15(13(25)26)3-20-11(24)8(12(20)29-5-15)18-10(23)9(19-27-2)21-6-17-30-14(21)16/h6,8,12,14H,3-5,16H2,1-2H3,(H,18,23)(H,25,26)/t8?,12-,14?,15?/m1/s1. The van der Waals surface area contributed by atoms with Gasteiger partial charge in [0, 0.05) is 31.2 Å². The lowest BCUT2D eigenvalue weighted by molar-refractivity contribution is -0.164. The number of hydrogen-bond donors (Lipinski definition) is 3. The van der Waals surface area contributed by atoms with Gasteiger partial charge >= 0.3 is 11.9 Å². The van der Waals surface area contributed by atoms with E-state index in [2.05, 4.69) is 14.9 Å². The summed E-state index contributed by atoms with van der Waals surface area (Å²) >= 11 is 2.22. The van der Waals surface area contributed by atoms with Gasteiger partial charge in [0.2, 0.25) is 11.7 Å². The van der Waals surface area contributed by atoms with Gasteiger partial charge in [-0.1, -0.05) is 5.16 Å². The lowest BCUT2D eigenvalue weighted by Crippen LogP contribution is -2.74. The number of rotatable bonds is 5. The molecule has 2 saturated heterocycles. The van der Waals surface area contributed by atoms with Crippen LogP contribution in [0, 0.1) is 5.41 Å². The highest BCUT2D eigenvalue weighted by Gasteiger charge is 2.58. The molecule has 3 heterocycles. The molecular weight excluding hydrogens is 440 g/mol. The van der Waals surface area contributed by atoms with E-state index >= 15 is 0 Å². The zero-order valence-electron chi connectivity index (χ0n) is 16.0. The maximum absolute atomic E-state index is 12.7. The van der Waals surface area contributed by atoms with Crippen LogP contribution in [-0.4, -0.2) is 93.8 Å². The van der Waals surface area contributed by atoms with E-state index in [1.807, 2.05) is 0 Å². The van der Waals surface area contributed by atoms with Gasteiger partial charge in [0.15, 0.2) is 5.50 Å². The van der Waals surface area contributed by atoms with Gasteiger partial charge in [-0.2, -0.15) is 0 Å². The first-order valence-electron chi connectivity index (χ1n) is 8.64. The average molecular weight is 460 g/mol. The SMILES string of the molecule is CON=C(C(=O)NC1C(=O)N2CC(COC(C)=O)(C(=O)O)CS[C@H]12)N1C=NSC1N. The number of thioether (sulfide) groups is 1. The molecule has 0 saturated carbocycles. The Labute approximate surface area is 179 Å². The zero-order chi connectivity index (χ0) is 22.1.